The molecule has 1 atom stereocenters. The molecule has 1 saturated heterocycles. The highest BCUT2D eigenvalue weighted by atomic mass is 35.5. The smallest absolute Gasteiger partial charge is 0.384 e. The summed E-state index contributed by atoms with van der Waals surface area (Å²) < 4.78 is 82.0. The number of pyridine rings is 1. The molecule has 0 bridgehead atoms. The van der Waals surface area contributed by atoms with Gasteiger partial charge >= 0.3 is 12.4 Å². The van der Waals surface area contributed by atoms with Gasteiger partial charge in [0.15, 0.2) is 0 Å². The monoisotopic (exact) mass is 530 g/mol. The Kier molecular flexibility index (Phi) is 6.45. The molecule has 14 heteroatoms. The predicted octanol–water partition coefficient (Wildman–Crippen LogP) is 4.71. The minimum atomic E-state index is -4.75. The Morgan fingerprint density at radius 1 is 1.14 bits per heavy atom. The number of nitrogen functional groups attached to an aromatic ring is 1. The first-order chi connectivity index (χ1) is 16.8. The number of carbonyl (C=O) groups is 1. The van der Waals surface area contributed by atoms with Crippen molar-refractivity contribution in [2.45, 2.75) is 18.4 Å². The molecule has 1 aromatic carbocycles. The fraction of sp³-hybridized carbons (Fsp3) is 0.273. The van der Waals surface area contributed by atoms with Gasteiger partial charge in [0.2, 0.25) is 5.91 Å². The number of nitrogens with two attached hydrogens (primary N) is 1. The number of anilines is 2. The molecular weight excluding hydrogens is 514 g/mol. The van der Waals surface area contributed by atoms with Crippen LogP contribution in [0.25, 0.3) is 22.2 Å². The van der Waals surface area contributed by atoms with Crippen LogP contribution in [0, 0.1) is 0 Å². The predicted molar refractivity (Wildman–Crippen MR) is 121 cm³/mol. The van der Waals surface area contributed by atoms with Gasteiger partial charge in [-0.05, 0) is 30.3 Å². The number of hydrogen-bond donors (Lipinski definition) is 1. The van der Waals surface area contributed by atoms with Crippen molar-refractivity contribution in [3.05, 3.63) is 53.8 Å². The molecular formula is C22H17ClF6N6O. The molecule has 1 aliphatic heterocycles. The molecule has 190 valence electrons. The second kappa shape index (κ2) is 9.12. The summed E-state index contributed by atoms with van der Waals surface area (Å²) in [7, 11) is 0. The van der Waals surface area contributed by atoms with Crippen molar-refractivity contribution in [3.63, 3.8) is 0 Å². The highest BCUT2D eigenvalue weighted by Gasteiger charge is 2.48. The fourth-order valence-electron chi connectivity index (χ4n) is 4.04. The van der Waals surface area contributed by atoms with Gasteiger partial charge < -0.3 is 15.5 Å². The van der Waals surface area contributed by atoms with Gasteiger partial charge in [-0.25, -0.2) is 15.0 Å². The SMILES string of the molecule is C=CC(=O)N1CCN(c2ncnc3cc(-c4nc(N)ccc4C(F)(F)F)c(Cl)cc23)CC1C(F)(F)F. The lowest BCUT2D eigenvalue weighted by atomic mass is 10.0. The van der Waals surface area contributed by atoms with E-state index in [2.05, 4.69) is 21.5 Å². The summed E-state index contributed by atoms with van der Waals surface area (Å²) in [6.07, 6.45) is -7.58. The zero-order valence-electron chi connectivity index (χ0n) is 18.2. The lowest BCUT2D eigenvalue weighted by Crippen LogP contribution is -2.60. The number of hydrogen-bond acceptors (Lipinski definition) is 6. The third-order valence-electron chi connectivity index (χ3n) is 5.70. The van der Waals surface area contributed by atoms with E-state index in [1.54, 1.807) is 0 Å². The van der Waals surface area contributed by atoms with Gasteiger partial charge in [0.05, 0.1) is 21.8 Å². The first kappa shape index (κ1) is 25.5. The molecule has 1 aliphatic rings. The number of benzene rings is 1. The Balaban J connectivity index is 1.80. The van der Waals surface area contributed by atoms with E-state index in [1.807, 2.05) is 0 Å². The zero-order chi connectivity index (χ0) is 26.4. The van der Waals surface area contributed by atoms with Crippen LogP contribution in [0.2, 0.25) is 5.02 Å². The summed E-state index contributed by atoms with van der Waals surface area (Å²) in [6.45, 7) is 2.38. The van der Waals surface area contributed by atoms with Gasteiger partial charge in [0.1, 0.15) is 24.0 Å². The fourth-order valence-corrected chi connectivity index (χ4v) is 4.29. The molecule has 3 heterocycles. The molecule has 1 fully saturated rings. The van der Waals surface area contributed by atoms with Crippen molar-refractivity contribution in [1.82, 2.24) is 19.9 Å². The standard InChI is InChI=1S/C22H17ClF6N6O/c1-2-18(36)35-6-5-34(9-16(35)22(27,28)29)20-12-7-14(23)11(8-15(12)31-10-32-20)19-13(21(24,25)26)3-4-17(30)33-19/h2-4,7-8,10,16H,1,5-6,9H2,(H2,30,33). The highest BCUT2D eigenvalue weighted by Crippen LogP contribution is 2.41. The van der Waals surface area contributed by atoms with E-state index in [9.17, 15) is 31.1 Å². The van der Waals surface area contributed by atoms with Crippen LogP contribution in [0.4, 0.5) is 38.0 Å². The molecule has 36 heavy (non-hydrogen) atoms. The van der Waals surface area contributed by atoms with Crippen LogP contribution in [0.3, 0.4) is 0 Å². The number of amides is 1. The molecule has 3 aromatic rings. The number of alkyl halides is 6. The molecule has 7 nitrogen and oxygen atoms in total. The van der Waals surface area contributed by atoms with E-state index in [-0.39, 0.29) is 46.2 Å². The largest absolute Gasteiger partial charge is 0.418 e. The van der Waals surface area contributed by atoms with Crippen LogP contribution in [0.1, 0.15) is 5.56 Å². The topological polar surface area (TPSA) is 88.2 Å². The summed E-state index contributed by atoms with van der Waals surface area (Å²) in [5, 5.41) is 0.0584. The quantitative estimate of drug-likeness (QED) is 0.390. The molecule has 2 N–H and O–H groups in total. The maximum absolute atomic E-state index is 13.7. The first-order valence-electron chi connectivity index (χ1n) is 10.3. The Morgan fingerprint density at radius 3 is 2.50 bits per heavy atom. The lowest BCUT2D eigenvalue weighted by molar-refractivity contribution is -0.188. The minimum Gasteiger partial charge on any atom is -0.384 e. The van der Waals surface area contributed by atoms with Gasteiger partial charge in [-0.1, -0.05) is 18.2 Å². The van der Waals surface area contributed by atoms with Gasteiger partial charge in [0, 0.05) is 30.6 Å². The minimum absolute atomic E-state index is 0.00659. The molecule has 0 radical (unpaired) electrons. The molecule has 0 saturated carbocycles. The molecule has 0 aliphatic carbocycles. The van der Waals surface area contributed by atoms with Gasteiger partial charge in [-0.2, -0.15) is 26.3 Å². The van der Waals surface area contributed by atoms with Crippen molar-refractivity contribution < 1.29 is 31.1 Å². The van der Waals surface area contributed by atoms with E-state index in [0.717, 1.165) is 24.5 Å². The van der Waals surface area contributed by atoms with Crippen LogP contribution in [-0.4, -0.2) is 57.6 Å². The van der Waals surface area contributed by atoms with Crippen LogP contribution in [0.15, 0.2) is 43.2 Å². The van der Waals surface area contributed by atoms with Crippen molar-refractivity contribution in [1.29, 1.82) is 0 Å². The molecule has 0 spiro atoms. The van der Waals surface area contributed by atoms with Crippen molar-refractivity contribution in [2.24, 2.45) is 0 Å². The normalized spacial score (nSPS) is 16.9. The Labute approximate surface area is 205 Å². The number of nitrogens with zero attached hydrogens (tertiary/aromatic N) is 5. The third kappa shape index (κ3) is 4.74. The molecule has 1 unspecified atom stereocenters. The average molecular weight is 531 g/mol. The van der Waals surface area contributed by atoms with Crippen LogP contribution in [0.5, 0.6) is 0 Å². The Morgan fingerprint density at radius 2 is 1.86 bits per heavy atom. The lowest BCUT2D eigenvalue weighted by Gasteiger charge is -2.42. The number of carbonyl (C=O) groups excluding carboxylic acids is 1. The van der Waals surface area contributed by atoms with Crippen molar-refractivity contribution in [3.8, 4) is 11.3 Å². The number of rotatable bonds is 3. The van der Waals surface area contributed by atoms with E-state index >= 15 is 0 Å². The number of fused-ring (bicyclic) bond motifs is 1. The van der Waals surface area contributed by atoms with Gasteiger partial charge in [-0.3, -0.25) is 4.79 Å². The maximum atomic E-state index is 13.7. The first-order valence-corrected chi connectivity index (χ1v) is 10.7. The average Bonchev–Trinajstić information content (AvgIpc) is 2.81. The van der Waals surface area contributed by atoms with Gasteiger partial charge in [-0.15, -0.1) is 0 Å². The zero-order valence-corrected chi connectivity index (χ0v) is 19.0. The van der Waals surface area contributed by atoms with E-state index < -0.39 is 42.1 Å². The van der Waals surface area contributed by atoms with Crippen molar-refractivity contribution in [2.75, 3.05) is 30.3 Å². The van der Waals surface area contributed by atoms with Gasteiger partial charge in [0.25, 0.3) is 0 Å². The second-order valence-electron chi connectivity index (χ2n) is 7.92. The molecule has 2 aromatic heterocycles. The summed E-state index contributed by atoms with van der Waals surface area (Å²) in [5.74, 6) is -0.931. The summed E-state index contributed by atoms with van der Waals surface area (Å²) in [4.78, 5) is 26.0. The maximum Gasteiger partial charge on any atom is 0.418 e. The number of piperazine rings is 1. The van der Waals surface area contributed by atoms with Crippen molar-refractivity contribution >= 4 is 40.0 Å². The van der Waals surface area contributed by atoms with Crippen LogP contribution >= 0.6 is 11.6 Å². The molecule has 4 rings (SSSR count). The Bertz CT molecular complexity index is 1350. The number of aromatic nitrogens is 3. The summed E-state index contributed by atoms with van der Waals surface area (Å²) in [6, 6.07) is 2.19. The van der Waals surface area contributed by atoms with E-state index in [1.165, 1.54) is 17.0 Å². The highest BCUT2D eigenvalue weighted by molar-refractivity contribution is 6.34. The Hall–Kier alpha value is -3.61. The molecule has 1 amide bonds. The summed E-state index contributed by atoms with van der Waals surface area (Å²) >= 11 is 6.34. The van der Waals surface area contributed by atoms with Crippen LogP contribution in [-0.2, 0) is 11.0 Å². The second-order valence-corrected chi connectivity index (χ2v) is 8.32. The third-order valence-corrected chi connectivity index (χ3v) is 6.01. The number of halogens is 7. The van der Waals surface area contributed by atoms with Crippen LogP contribution < -0.4 is 10.6 Å². The summed E-state index contributed by atoms with van der Waals surface area (Å²) in [5.41, 5.74) is 4.05. The van der Waals surface area contributed by atoms with E-state index in [0.29, 0.717) is 4.90 Å². The van der Waals surface area contributed by atoms with E-state index in [4.69, 9.17) is 17.3 Å².